The Balaban J connectivity index is 3.11. The standard InChI is InChI=1S/C8H9F6N5O2/c1-2-20-5-16-4(19-15)17-6(18-5)21-3(7(9,10)11)8(12,13)14/h3H,2,15H2,1H3,(H,16,17,18,19). The molecule has 0 fully saturated rings. The highest BCUT2D eigenvalue weighted by Crippen LogP contribution is 2.35. The average Bonchev–Trinajstić information content (AvgIpc) is 2.33. The number of alkyl halides is 6. The molecule has 0 amide bonds. The zero-order chi connectivity index (χ0) is 16.3. The number of halogens is 6. The zero-order valence-corrected chi connectivity index (χ0v) is 10.3. The molecular formula is C8H9F6N5O2. The molecule has 7 nitrogen and oxygen atoms in total. The third-order valence-corrected chi connectivity index (χ3v) is 1.81. The quantitative estimate of drug-likeness (QED) is 0.481. The van der Waals surface area contributed by atoms with Gasteiger partial charge in [0.25, 0.3) is 6.10 Å². The van der Waals surface area contributed by atoms with E-state index in [1.807, 2.05) is 5.43 Å². The summed E-state index contributed by atoms with van der Waals surface area (Å²) in [7, 11) is 0. The van der Waals surface area contributed by atoms with E-state index in [4.69, 9.17) is 10.6 Å². The fourth-order valence-electron chi connectivity index (χ4n) is 1.07. The highest BCUT2D eigenvalue weighted by atomic mass is 19.4. The van der Waals surface area contributed by atoms with Crippen LogP contribution in [0.1, 0.15) is 6.92 Å². The summed E-state index contributed by atoms with van der Waals surface area (Å²) in [6.07, 6.45) is -15.5. The third-order valence-electron chi connectivity index (χ3n) is 1.81. The van der Waals surface area contributed by atoms with Crippen molar-refractivity contribution in [1.29, 1.82) is 0 Å². The molecule has 0 aliphatic heterocycles. The average molecular weight is 321 g/mol. The number of rotatable bonds is 5. The summed E-state index contributed by atoms with van der Waals surface area (Å²) in [6.45, 7) is 1.50. The van der Waals surface area contributed by atoms with E-state index in [2.05, 4.69) is 19.7 Å². The Morgan fingerprint density at radius 3 is 2.00 bits per heavy atom. The van der Waals surface area contributed by atoms with Crippen LogP contribution in [0, 0.1) is 0 Å². The molecule has 0 aliphatic rings. The Morgan fingerprint density at radius 2 is 1.57 bits per heavy atom. The minimum atomic E-state index is -5.70. The fraction of sp³-hybridized carbons (Fsp3) is 0.625. The van der Waals surface area contributed by atoms with Gasteiger partial charge in [0, 0.05) is 0 Å². The summed E-state index contributed by atoms with van der Waals surface area (Å²) in [4.78, 5) is 9.77. The second-order valence-corrected chi connectivity index (χ2v) is 3.38. The first-order chi connectivity index (χ1) is 9.57. The Morgan fingerprint density at radius 1 is 1.05 bits per heavy atom. The number of nitrogens with two attached hydrogens (primary N) is 1. The van der Waals surface area contributed by atoms with Crippen LogP contribution in [-0.4, -0.2) is 40.0 Å². The van der Waals surface area contributed by atoms with Crippen molar-refractivity contribution >= 4 is 5.95 Å². The normalized spacial score (nSPS) is 12.4. The fourth-order valence-corrected chi connectivity index (χ4v) is 1.07. The number of hydrogen-bond acceptors (Lipinski definition) is 7. The van der Waals surface area contributed by atoms with Gasteiger partial charge in [-0.25, -0.2) is 5.84 Å². The molecule has 0 saturated carbocycles. The molecule has 0 saturated heterocycles. The number of nitrogen functional groups attached to an aromatic ring is 1. The topological polar surface area (TPSA) is 95.2 Å². The van der Waals surface area contributed by atoms with E-state index in [9.17, 15) is 26.3 Å². The summed E-state index contributed by atoms with van der Waals surface area (Å²) >= 11 is 0. The number of hydrogen-bond donors (Lipinski definition) is 2. The van der Waals surface area contributed by atoms with Crippen LogP contribution in [0.2, 0.25) is 0 Å². The predicted octanol–water partition coefficient (Wildman–Crippen LogP) is 1.43. The lowest BCUT2D eigenvalue weighted by Crippen LogP contribution is -2.47. The van der Waals surface area contributed by atoms with Crippen molar-refractivity contribution in [2.24, 2.45) is 5.84 Å². The van der Waals surface area contributed by atoms with Gasteiger partial charge >= 0.3 is 24.4 Å². The van der Waals surface area contributed by atoms with Crippen molar-refractivity contribution in [2.75, 3.05) is 12.0 Å². The van der Waals surface area contributed by atoms with Gasteiger partial charge in [-0.1, -0.05) is 0 Å². The van der Waals surface area contributed by atoms with E-state index < -0.39 is 36.4 Å². The second kappa shape index (κ2) is 6.15. The molecule has 120 valence electrons. The molecule has 1 heterocycles. The highest BCUT2D eigenvalue weighted by Gasteiger charge is 2.59. The van der Waals surface area contributed by atoms with Crippen LogP contribution >= 0.6 is 0 Å². The second-order valence-electron chi connectivity index (χ2n) is 3.38. The Labute approximate surface area is 113 Å². The first-order valence-electron chi connectivity index (χ1n) is 5.23. The van der Waals surface area contributed by atoms with Gasteiger partial charge < -0.3 is 9.47 Å². The van der Waals surface area contributed by atoms with Crippen LogP contribution in [-0.2, 0) is 0 Å². The molecule has 0 radical (unpaired) electrons. The molecule has 0 aromatic carbocycles. The molecular weight excluding hydrogens is 312 g/mol. The van der Waals surface area contributed by atoms with Gasteiger partial charge in [0.1, 0.15) is 0 Å². The maximum Gasteiger partial charge on any atom is 0.434 e. The Bertz CT molecular complexity index is 465. The number of hydrazine groups is 1. The number of nitrogens with one attached hydrogen (secondary N) is 1. The molecule has 1 aromatic heterocycles. The van der Waals surface area contributed by atoms with Gasteiger partial charge in [0.2, 0.25) is 5.95 Å². The lowest BCUT2D eigenvalue weighted by Gasteiger charge is -2.22. The number of aromatic nitrogens is 3. The van der Waals surface area contributed by atoms with Crippen LogP contribution in [0.25, 0.3) is 0 Å². The van der Waals surface area contributed by atoms with E-state index in [0.29, 0.717) is 0 Å². The summed E-state index contributed by atoms with van der Waals surface area (Å²) < 4.78 is 82.6. The van der Waals surface area contributed by atoms with E-state index in [1.54, 1.807) is 0 Å². The lowest BCUT2D eigenvalue weighted by atomic mass is 10.3. The third kappa shape index (κ3) is 4.77. The van der Waals surface area contributed by atoms with Crippen LogP contribution in [0.15, 0.2) is 0 Å². The van der Waals surface area contributed by atoms with Gasteiger partial charge in [-0.05, 0) is 6.92 Å². The van der Waals surface area contributed by atoms with E-state index in [-0.39, 0.29) is 6.61 Å². The van der Waals surface area contributed by atoms with Gasteiger partial charge in [-0.15, -0.1) is 4.98 Å². The maximum absolute atomic E-state index is 12.3. The van der Waals surface area contributed by atoms with Crippen molar-refractivity contribution in [1.82, 2.24) is 15.0 Å². The van der Waals surface area contributed by atoms with Gasteiger partial charge in [0.15, 0.2) is 0 Å². The SMILES string of the molecule is CCOc1nc(NN)nc(OC(C(F)(F)F)C(F)(F)F)n1. The van der Waals surface area contributed by atoms with E-state index >= 15 is 0 Å². The molecule has 0 aliphatic carbocycles. The van der Waals surface area contributed by atoms with Gasteiger partial charge in [0.05, 0.1) is 6.61 Å². The monoisotopic (exact) mass is 321 g/mol. The molecule has 0 unspecified atom stereocenters. The summed E-state index contributed by atoms with van der Waals surface area (Å²) in [6, 6.07) is -1.78. The van der Waals surface area contributed by atoms with E-state index in [1.165, 1.54) is 6.92 Å². The summed E-state index contributed by atoms with van der Waals surface area (Å²) in [5.41, 5.74) is 1.83. The largest absolute Gasteiger partial charge is 0.464 e. The molecule has 3 N–H and O–H groups in total. The first kappa shape index (κ1) is 17.0. The molecule has 0 spiro atoms. The zero-order valence-electron chi connectivity index (χ0n) is 10.3. The minimum absolute atomic E-state index is 0.00936. The molecule has 13 heteroatoms. The van der Waals surface area contributed by atoms with Crippen LogP contribution in [0.5, 0.6) is 12.0 Å². The van der Waals surface area contributed by atoms with Crippen molar-refractivity contribution in [3.8, 4) is 12.0 Å². The summed E-state index contributed by atoms with van der Waals surface area (Å²) in [5, 5.41) is 0. The van der Waals surface area contributed by atoms with E-state index in [0.717, 1.165) is 0 Å². The van der Waals surface area contributed by atoms with Crippen LogP contribution < -0.4 is 20.7 Å². The molecule has 1 rings (SSSR count). The predicted molar refractivity (Wildman–Crippen MR) is 55.3 cm³/mol. The van der Waals surface area contributed by atoms with Crippen molar-refractivity contribution in [3.63, 3.8) is 0 Å². The van der Waals surface area contributed by atoms with Crippen molar-refractivity contribution < 1.29 is 35.8 Å². The molecule has 0 bridgehead atoms. The minimum Gasteiger partial charge on any atom is -0.464 e. The first-order valence-corrected chi connectivity index (χ1v) is 5.23. The maximum atomic E-state index is 12.3. The van der Waals surface area contributed by atoms with Crippen molar-refractivity contribution in [2.45, 2.75) is 25.4 Å². The van der Waals surface area contributed by atoms with Crippen molar-refractivity contribution in [3.05, 3.63) is 0 Å². The number of ether oxygens (including phenoxy) is 2. The molecule has 1 aromatic rings. The summed E-state index contributed by atoms with van der Waals surface area (Å²) in [5.74, 6) is 4.41. The smallest absolute Gasteiger partial charge is 0.434 e. The lowest BCUT2D eigenvalue weighted by molar-refractivity contribution is -0.301. The molecule has 21 heavy (non-hydrogen) atoms. The number of anilines is 1. The van der Waals surface area contributed by atoms with Crippen LogP contribution in [0.3, 0.4) is 0 Å². The van der Waals surface area contributed by atoms with Crippen LogP contribution in [0.4, 0.5) is 32.3 Å². The number of nitrogens with zero attached hydrogens (tertiary/aromatic N) is 3. The highest BCUT2D eigenvalue weighted by molar-refractivity contribution is 5.25. The molecule has 0 atom stereocenters. The Kier molecular flexibility index (Phi) is 4.98. The van der Waals surface area contributed by atoms with Gasteiger partial charge in [-0.2, -0.15) is 36.3 Å². The van der Waals surface area contributed by atoms with Gasteiger partial charge in [-0.3, -0.25) is 5.43 Å². The Hall–Kier alpha value is -2.05.